The normalized spacial score (nSPS) is 9.83. The van der Waals surface area contributed by atoms with Gasteiger partial charge < -0.3 is 19.9 Å². The fraction of sp³-hybridized carbons (Fsp3) is 0.111. The molecule has 3 aromatic rings. The first kappa shape index (κ1) is 24.7. The van der Waals surface area contributed by atoms with E-state index in [1.54, 1.807) is 12.3 Å². The zero-order chi connectivity index (χ0) is 24.9. The van der Waals surface area contributed by atoms with E-state index >= 15 is 0 Å². The van der Waals surface area contributed by atoms with Crippen molar-refractivity contribution in [2.75, 3.05) is 6.79 Å². The lowest BCUT2D eigenvalue weighted by molar-refractivity contribution is 0.174. The van der Waals surface area contributed by atoms with E-state index in [1.165, 1.54) is 11.3 Å². The van der Waals surface area contributed by atoms with Gasteiger partial charge in [-0.3, -0.25) is 0 Å². The van der Waals surface area contributed by atoms with Crippen molar-refractivity contribution >= 4 is 11.3 Å². The summed E-state index contributed by atoms with van der Waals surface area (Å²) in [4.78, 5) is 8.55. The highest BCUT2D eigenvalue weighted by Gasteiger charge is 2.18. The molecular formula is C27H18N4O3S. The number of rotatable bonds is 5. The standard InChI is InChI=1S/C18H14N4O3S.C9H4/c19-6-12-9-26-17(22-12)8-23-18-14(7-20)13(3-4-21-18)11-1-2-15-16(5-11)25-10-24-15;1-3-5-7-9-8-6-4-2/h1-5,9H,6,8,10,19H2;1-2H2. The third-order valence-electron chi connectivity index (χ3n) is 4.28. The maximum atomic E-state index is 9.64. The monoisotopic (exact) mass is 478 g/mol. The molecule has 8 heteroatoms. The summed E-state index contributed by atoms with van der Waals surface area (Å²) in [6.45, 7) is 7.35. The van der Waals surface area contributed by atoms with Crippen LogP contribution < -0.4 is 19.9 Å². The zero-order valence-corrected chi connectivity index (χ0v) is 19.4. The first-order chi connectivity index (χ1) is 17.2. The first-order valence-corrected chi connectivity index (χ1v) is 10.9. The molecule has 0 radical (unpaired) electrons. The maximum absolute atomic E-state index is 9.64. The van der Waals surface area contributed by atoms with Crippen molar-refractivity contribution in [1.29, 1.82) is 5.26 Å². The van der Waals surface area contributed by atoms with Crippen molar-refractivity contribution in [2.24, 2.45) is 5.73 Å². The Kier molecular flexibility index (Phi) is 9.12. The van der Waals surface area contributed by atoms with Crippen LogP contribution in [0, 0.1) is 11.3 Å². The smallest absolute Gasteiger partial charge is 0.232 e. The molecular weight excluding hydrogens is 460 g/mol. The lowest BCUT2D eigenvalue weighted by Crippen LogP contribution is -2.02. The molecule has 2 aromatic heterocycles. The minimum Gasteiger partial charge on any atom is -0.469 e. The van der Waals surface area contributed by atoms with Gasteiger partial charge in [0.1, 0.15) is 23.2 Å². The van der Waals surface area contributed by atoms with Crippen LogP contribution in [-0.4, -0.2) is 16.8 Å². The van der Waals surface area contributed by atoms with Crippen molar-refractivity contribution in [2.45, 2.75) is 13.2 Å². The molecule has 1 aromatic carbocycles. The van der Waals surface area contributed by atoms with Crippen LogP contribution in [0.4, 0.5) is 0 Å². The summed E-state index contributed by atoms with van der Waals surface area (Å²) in [5, 5.41) is 12.3. The van der Waals surface area contributed by atoms with Crippen LogP contribution in [0.2, 0.25) is 0 Å². The minimum atomic E-state index is 0.202. The molecule has 0 amide bonds. The lowest BCUT2D eigenvalue weighted by atomic mass is 10.0. The van der Waals surface area contributed by atoms with Crippen molar-refractivity contribution in [3.05, 3.63) is 105 Å². The van der Waals surface area contributed by atoms with Crippen molar-refractivity contribution in [3.8, 4) is 34.6 Å². The average molecular weight is 479 g/mol. The highest BCUT2D eigenvalue weighted by molar-refractivity contribution is 7.09. The molecule has 0 atom stereocenters. The molecule has 2 N–H and O–H groups in total. The molecule has 0 unspecified atom stereocenters. The number of fused-ring (bicyclic) bond motifs is 1. The highest BCUT2D eigenvalue weighted by Crippen LogP contribution is 2.37. The summed E-state index contributed by atoms with van der Waals surface area (Å²) < 4.78 is 16.5. The molecule has 0 bridgehead atoms. The fourth-order valence-corrected chi connectivity index (χ4v) is 3.50. The Morgan fingerprint density at radius 1 is 1.06 bits per heavy atom. The quantitative estimate of drug-likeness (QED) is 0.529. The minimum absolute atomic E-state index is 0.202. The van der Waals surface area contributed by atoms with E-state index in [2.05, 4.69) is 69.3 Å². The number of pyridine rings is 1. The summed E-state index contributed by atoms with van der Waals surface area (Å²) in [5.41, 5.74) is 25.3. The summed E-state index contributed by atoms with van der Waals surface area (Å²) in [7, 11) is 0. The third kappa shape index (κ3) is 6.77. The van der Waals surface area contributed by atoms with Gasteiger partial charge in [-0.25, -0.2) is 9.97 Å². The van der Waals surface area contributed by atoms with Crippen molar-refractivity contribution in [3.63, 3.8) is 0 Å². The fourth-order valence-electron chi connectivity index (χ4n) is 2.79. The second kappa shape index (κ2) is 12.9. The molecule has 0 fully saturated rings. The van der Waals surface area contributed by atoms with Gasteiger partial charge in [0.05, 0.1) is 5.69 Å². The number of benzene rings is 1. The van der Waals surface area contributed by atoms with Crippen LogP contribution in [-0.2, 0) is 13.2 Å². The molecule has 0 saturated heterocycles. The van der Waals surface area contributed by atoms with E-state index in [-0.39, 0.29) is 19.3 Å². The van der Waals surface area contributed by atoms with Gasteiger partial charge in [-0.2, -0.15) is 5.26 Å². The molecule has 0 spiro atoms. The Morgan fingerprint density at radius 2 is 1.80 bits per heavy atom. The molecule has 0 saturated carbocycles. The van der Waals surface area contributed by atoms with Gasteiger partial charge in [0.25, 0.3) is 0 Å². The summed E-state index contributed by atoms with van der Waals surface area (Å²) in [6, 6.07) is 9.51. The van der Waals surface area contributed by atoms with Crippen LogP contribution >= 0.6 is 11.3 Å². The topological polar surface area (TPSA) is 103 Å². The van der Waals surface area contributed by atoms with E-state index in [4.69, 9.17) is 19.9 Å². The average Bonchev–Trinajstić information content (AvgIpc) is 3.56. The van der Waals surface area contributed by atoms with Gasteiger partial charge in [-0.1, -0.05) is 17.5 Å². The Bertz CT molecular complexity index is 1490. The number of ether oxygens (including phenoxy) is 3. The van der Waals surface area contributed by atoms with Gasteiger partial charge in [0.15, 0.2) is 11.5 Å². The number of nitriles is 1. The predicted molar refractivity (Wildman–Crippen MR) is 131 cm³/mol. The van der Waals surface area contributed by atoms with Crippen LogP contribution in [0.3, 0.4) is 0 Å². The van der Waals surface area contributed by atoms with E-state index in [1.807, 2.05) is 23.6 Å². The van der Waals surface area contributed by atoms with Gasteiger partial charge >= 0.3 is 0 Å². The summed E-state index contributed by atoms with van der Waals surface area (Å²) in [5.74, 6) is 1.62. The number of thiazole rings is 1. The maximum Gasteiger partial charge on any atom is 0.232 e. The van der Waals surface area contributed by atoms with Gasteiger partial charge in [0, 0.05) is 23.7 Å². The van der Waals surface area contributed by atoms with Crippen LogP contribution in [0.15, 0.2) is 89.1 Å². The Labute approximate surface area is 206 Å². The van der Waals surface area contributed by atoms with Crippen molar-refractivity contribution < 1.29 is 14.2 Å². The highest BCUT2D eigenvalue weighted by atomic mass is 32.1. The molecule has 170 valence electrons. The molecule has 3 heterocycles. The number of hydrogen-bond acceptors (Lipinski definition) is 8. The molecule has 35 heavy (non-hydrogen) atoms. The van der Waals surface area contributed by atoms with E-state index in [0.717, 1.165) is 21.8 Å². The number of nitrogens with two attached hydrogens (primary N) is 1. The Balaban J connectivity index is 0.000000327. The second-order valence-corrected chi connectivity index (χ2v) is 7.37. The Hall–Kier alpha value is -4.95. The largest absolute Gasteiger partial charge is 0.469 e. The van der Waals surface area contributed by atoms with Crippen molar-refractivity contribution in [1.82, 2.24) is 9.97 Å². The molecule has 0 aliphatic carbocycles. The van der Waals surface area contributed by atoms with E-state index in [9.17, 15) is 5.26 Å². The van der Waals surface area contributed by atoms with Crippen LogP contribution in [0.1, 0.15) is 16.3 Å². The zero-order valence-electron chi connectivity index (χ0n) is 18.6. The van der Waals surface area contributed by atoms with Crippen LogP contribution in [0.5, 0.6) is 17.4 Å². The van der Waals surface area contributed by atoms with E-state index < -0.39 is 0 Å². The summed E-state index contributed by atoms with van der Waals surface area (Å²) >= 11 is 1.46. The number of aromatic nitrogens is 2. The predicted octanol–water partition coefficient (Wildman–Crippen LogP) is 4.73. The number of nitrogens with zero attached hydrogens (tertiary/aromatic N) is 3. The first-order valence-electron chi connectivity index (χ1n) is 10.0. The van der Waals surface area contributed by atoms with E-state index in [0.29, 0.717) is 23.6 Å². The molecule has 1 aliphatic rings. The molecule has 4 rings (SSSR count). The Morgan fingerprint density at radius 3 is 2.49 bits per heavy atom. The van der Waals surface area contributed by atoms with Gasteiger partial charge in [0.2, 0.25) is 12.7 Å². The third-order valence-corrected chi connectivity index (χ3v) is 5.15. The number of hydrogen-bond donors (Lipinski definition) is 1. The summed E-state index contributed by atoms with van der Waals surface area (Å²) in [6.07, 6.45) is 1.61. The SMILES string of the molecule is C=C=C=C=C=C=C=C=C.N#Cc1c(-c2ccc3c(c2)OCO3)ccnc1OCc1nc(CN)cs1. The lowest BCUT2D eigenvalue weighted by Gasteiger charge is -2.10. The molecule has 7 nitrogen and oxygen atoms in total. The second-order valence-electron chi connectivity index (χ2n) is 6.42. The van der Waals surface area contributed by atoms with Gasteiger partial charge in [-0.05, 0) is 65.6 Å². The van der Waals surface area contributed by atoms with Gasteiger partial charge in [-0.15, -0.1) is 11.3 Å². The van der Waals surface area contributed by atoms with Crippen LogP contribution in [0.25, 0.3) is 11.1 Å². The molecule has 1 aliphatic heterocycles.